The summed E-state index contributed by atoms with van der Waals surface area (Å²) in [5.41, 5.74) is 0. The zero-order chi connectivity index (χ0) is 25.8. The van der Waals surface area contributed by atoms with E-state index in [0.29, 0.717) is 6.61 Å². The van der Waals surface area contributed by atoms with Crippen molar-refractivity contribution in [2.24, 2.45) is 0 Å². The Hall–Kier alpha value is -0.440. The number of hydrogen-bond donors (Lipinski definition) is 7. The smallest absolute Gasteiger partial charge is 0.187 e. The van der Waals surface area contributed by atoms with E-state index in [1.54, 1.807) is 0 Å². The molecule has 10 atom stereocenters. The number of hydrogen-bond acceptors (Lipinski definition) is 11. The molecular weight excluding hydrogens is 464 g/mol. The molecule has 0 aliphatic carbocycles. The van der Waals surface area contributed by atoms with Crippen molar-refractivity contribution >= 4 is 0 Å². The molecule has 2 saturated heterocycles. The van der Waals surface area contributed by atoms with Gasteiger partial charge in [-0.3, -0.25) is 0 Å². The highest BCUT2D eigenvalue weighted by molar-refractivity contribution is 4.93. The van der Waals surface area contributed by atoms with Gasteiger partial charge in [-0.2, -0.15) is 0 Å². The zero-order valence-corrected chi connectivity index (χ0v) is 20.7. The van der Waals surface area contributed by atoms with Gasteiger partial charge >= 0.3 is 0 Å². The van der Waals surface area contributed by atoms with Crippen LogP contribution >= 0.6 is 0 Å². The van der Waals surface area contributed by atoms with Gasteiger partial charge in [0, 0.05) is 6.61 Å². The molecule has 2 rings (SSSR count). The van der Waals surface area contributed by atoms with Crippen LogP contribution in [0.3, 0.4) is 0 Å². The van der Waals surface area contributed by atoms with Crippen LogP contribution in [-0.4, -0.2) is 117 Å². The van der Waals surface area contributed by atoms with Gasteiger partial charge in [-0.15, -0.1) is 0 Å². The first-order valence-corrected chi connectivity index (χ1v) is 13.0. The number of aliphatic hydroxyl groups excluding tert-OH is 7. The summed E-state index contributed by atoms with van der Waals surface area (Å²) in [5, 5.41) is 70.0. The molecular formula is C24H46O11. The Balaban J connectivity index is 1.72. The van der Waals surface area contributed by atoms with E-state index < -0.39 is 68.0 Å². The molecule has 0 amide bonds. The molecule has 35 heavy (non-hydrogen) atoms. The molecule has 0 aromatic heterocycles. The predicted molar refractivity (Wildman–Crippen MR) is 124 cm³/mol. The third-order valence-electron chi connectivity index (χ3n) is 6.72. The van der Waals surface area contributed by atoms with Gasteiger partial charge in [0.1, 0.15) is 48.8 Å². The van der Waals surface area contributed by atoms with Gasteiger partial charge in [0.05, 0.1) is 13.2 Å². The van der Waals surface area contributed by atoms with Gasteiger partial charge in [-0.25, -0.2) is 0 Å². The molecule has 0 aromatic rings. The Morgan fingerprint density at radius 3 is 1.83 bits per heavy atom. The van der Waals surface area contributed by atoms with Crippen LogP contribution < -0.4 is 0 Å². The van der Waals surface area contributed by atoms with E-state index in [4.69, 9.17) is 18.9 Å². The van der Waals surface area contributed by atoms with Crippen LogP contribution in [0.5, 0.6) is 0 Å². The van der Waals surface area contributed by atoms with Crippen LogP contribution in [0.15, 0.2) is 0 Å². The number of aliphatic hydroxyl groups is 7. The molecule has 2 fully saturated rings. The molecule has 2 heterocycles. The SMILES string of the molecule is CCCCCCCCCCCCOCC1OC(OC2C(CO)OC(O)C(O)C2O)C(O)C(O)C1O. The summed E-state index contributed by atoms with van der Waals surface area (Å²) >= 11 is 0. The predicted octanol–water partition coefficient (Wildman–Crippen LogP) is -0.452. The molecule has 7 N–H and O–H groups in total. The first kappa shape index (κ1) is 30.8. The summed E-state index contributed by atoms with van der Waals surface area (Å²) in [6.45, 7) is 1.98. The Labute approximate surface area is 207 Å². The molecule has 11 nitrogen and oxygen atoms in total. The molecule has 2 aliphatic rings. The molecule has 0 bridgehead atoms. The van der Waals surface area contributed by atoms with E-state index >= 15 is 0 Å². The molecule has 11 heteroatoms. The number of rotatable bonds is 16. The van der Waals surface area contributed by atoms with Crippen LogP contribution in [0.1, 0.15) is 71.1 Å². The van der Waals surface area contributed by atoms with Crippen LogP contribution in [0.2, 0.25) is 0 Å². The van der Waals surface area contributed by atoms with Crippen LogP contribution in [0, 0.1) is 0 Å². The fourth-order valence-corrected chi connectivity index (χ4v) is 4.45. The van der Waals surface area contributed by atoms with E-state index in [0.717, 1.165) is 19.3 Å². The second-order valence-electron chi connectivity index (χ2n) is 9.60. The van der Waals surface area contributed by atoms with E-state index in [1.807, 2.05) is 0 Å². The van der Waals surface area contributed by atoms with Crippen molar-refractivity contribution in [3.63, 3.8) is 0 Å². The zero-order valence-electron chi connectivity index (χ0n) is 20.7. The second kappa shape index (κ2) is 16.4. The summed E-state index contributed by atoms with van der Waals surface area (Å²) in [6.07, 6.45) is -2.91. The summed E-state index contributed by atoms with van der Waals surface area (Å²) in [6, 6.07) is 0. The molecule has 0 radical (unpaired) electrons. The van der Waals surface area contributed by atoms with Crippen LogP contribution in [0.25, 0.3) is 0 Å². The molecule has 2 aliphatic heterocycles. The quantitative estimate of drug-likeness (QED) is 0.134. The lowest BCUT2D eigenvalue weighted by Gasteiger charge is -2.45. The molecule has 10 unspecified atom stereocenters. The molecule has 0 spiro atoms. The third kappa shape index (κ3) is 9.42. The summed E-state index contributed by atoms with van der Waals surface area (Å²) in [5.74, 6) is 0. The summed E-state index contributed by atoms with van der Waals surface area (Å²) in [4.78, 5) is 0. The minimum absolute atomic E-state index is 0.0449. The van der Waals surface area contributed by atoms with Crippen LogP contribution in [0.4, 0.5) is 0 Å². The van der Waals surface area contributed by atoms with Crippen molar-refractivity contribution in [2.45, 2.75) is 133 Å². The number of unbranched alkanes of at least 4 members (excludes halogenated alkanes) is 9. The summed E-state index contributed by atoms with van der Waals surface area (Å²) in [7, 11) is 0. The van der Waals surface area contributed by atoms with Crippen molar-refractivity contribution < 1.29 is 54.7 Å². The highest BCUT2D eigenvalue weighted by Crippen LogP contribution is 2.28. The lowest BCUT2D eigenvalue weighted by atomic mass is 9.97. The maximum Gasteiger partial charge on any atom is 0.187 e. The molecule has 208 valence electrons. The van der Waals surface area contributed by atoms with Crippen molar-refractivity contribution in [1.82, 2.24) is 0 Å². The van der Waals surface area contributed by atoms with Crippen LogP contribution in [-0.2, 0) is 18.9 Å². The van der Waals surface area contributed by atoms with Crippen molar-refractivity contribution in [2.75, 3.05) is 19.8 Å². The van der Waals surface area contributed by atoms with Gasteiger partial charge in [-0.05, 0) is 6.42 Å². The lowest BCUT2D eigenvalue weighted by Crippen LogP contribution is -2.64. The standard InChI is InChI=1S/C24H46O11/c1-2-3-4-5-6-7-8-9-10-11-12-32-14-16-17(26)18(27)21(30)24(34-16)35-22-15(13-25)33-23(31)20(29)19(22)28/h15-31H,2-14H2,1H3. The molecule has 0 saturated carbocycles. The normalized spacial score (nSPS) is 38.1. The van der Waals surface area contributed by atoms with E-state index in [2.05, 4.69) is 6.92 Å². The van der Waals surface area contributed by atoms with Crippen molar-refractivity contribution in [3.8, 4) is 0 Å². The van der Waals surface area contributed by atoms with Gasteiger partial charge in [0.2, 0.25) is 0 Å². The lowest BCUT2D eigenvalue weighted by molar-refractivity contribution is -0.355. The monoisotopic (exact) mass is 510 g/mol. The third-order valence-corrected chi connectivity index (χ3v) is 6.72. The van der Waals surface area contributed by atoms with Gasteiger partial charge < -0.3 is 54.7 Å². The van der Waals surface area contributed by atoms with Gasteiger partial charge in [0.25, 0.3) is 0 Å². The second-order valence-corrected chi connectivity index (χ2v) is 9.60. The minimum Gasteiger partial charge on any atom is -0.394 e. The van der Waals surface area contributed by atoms with E-state index in [-0.39, 0.29) is 6.61 Å². The van der Waals surface area contributed by atoms with Crippen molar-refractivity contribution in [3.05, 3.63) is 0 Å². The fourth-order valence-electron chi connectivity index (χ4n) is 4.45. The Kier molecular flexibility index (Phi) is 14.4. The van der Waals surface area contributed by atoms with Gasteiger partial charge in [-0.1, -0.05) is 64.7 Å². The minimum atomic E-state index is -1.72. The fraction of sp³-hybridized carbons (Fsp3) is 1.00. The maximum atomic E-state index is 10.3. The first-order valence-electron chi connectivity index (χ1n) is 13.0. The Morgan fingerprint density at radius 1 is 0.629 bits per heavy atom. The summed E-state index contributed by atoms with van der Waals surface area (Å²) < 4.78 is 21.8. The number of ether oxygens (including phenoxy) is 4. The largest absolute Gasteiger partial charge is 0.394 e. The maximum absolute atomic E-state index is 10.3. The highest BCUT2D eigenvalue weighted by Gasteiger charge is 2.50. The van der Waals surface area contributed by atoms with Gasteiger partial charge in [0.15, 0.2) is 12.6 Å². The first-order chi connectivity index (χ1) is 16.8. The van der Waals surface area contributed by atoms with E-state index in [1.165, 1.54) is 44.9 Å². The Morgan fingerprint density at radius 2 is 1.23 bits per heavy atom. The average molecular weight is 511 g/mol. The Bertz CT molecular complexity index is 552. The highest BCUT2D eigenvalue weighted by atomic mass is 16.7. The molecule has 0 aromatic carbocycles. The van der Waals surface area contributed by atoms with E-state index in [9.17, 15) is 35.7 Å². The average Bonchev–Trinajstić information content (AvgIpc) is 2.85. The van der Waals surface area contributed by atoms with Crippen molar-refractivity contribution in [1.29, 1.82) is 0 Å². The topological polar surface area (TPSA) is 179 Å².